The number of carbonyl (C=O) groups excluding carboxylic acids is 3. The van der Waals surface area contributed by atoms with Gasteiger partial charge in [-0.3, -0.25) is 24.2 Å². The molecule has 0 saturated carbocycles. The van der Waals surface area contributed by atoms with E-state index in [1.807, 2.05) is 48.5 Å². The molecule has 1 fully saturated rings. The Balaban J connectivity index is 1.33. The van der Waals surface area contributed by atoms with Gasteiger partial charge in [-0.05, 0) is 48.4 Å². The molecule has 13 heteroatoms. The first kappa shape index (κ1) is 34.6. The van der Waals surface area contributed by atoms with Crippen molar-refractivity contribution in [3.8, 4) is 5.69 Å². The van der Waals surface area contributed by atoms with E-state index >= 15 is 0 Å². The lowest BCUT2D eigenvalue weighted by atomic mass is 9.81. The van der Waals surface area contributed by atoms with Gasteiger partial charge in [0.15, 0.2) is 0 Å². The molecular formula is C37H37F3N6O4. The first-order valence-electron chi connectivity index (χ1n) is 16.3. The van der Waals surface area contributed by atoms with E-state index in [1.54, 1.807) is 23.9 Å². The van der Waals surface area contributed by atoms with Crippen LogP contribution in [0.3, 0.4) is 0 Å². The fraction of sp³-hybridized carbons (Fsp3) is 0.297. The number of hydrogen-bond donors (Lipinski definition) is 2. The van der Waals surface area contributed by atoms with E-state index in [0.717, 1.165) is 42.5 Å². The van der Waals surface area contributed by atoms with Gasteiger partial charge in [0.25, 0.3) is 11.8 Å². The summed E-state index contributed by atoms with van der Waals surface area (Å²) in [6.45, 7) is 9.25. The number of rotatable bonds is 10. The van der Waals surface area contributed by atoms with Crippen LogP contribution >= 0.6 is 0 Å². The number of alkyl halides is 3. The molecule has 3 amide bonds. The van der Waals surface area contributed by atoms with Gasteiger partial charge in [0.05, 0.1) is 30.7 Å². The number of carbonyl (C=O) groups is 3. The number of fused-ring (bicyclic) bond motifs is 1. The second-order valence-corrected chi connectivity index (χ2v) is 12.2. The SMILES string of the molecule is C=C(CN1CCOCC1)C(=O)NCc1cccc([C@H]2c3cnn(-c4ccccc4)c3N(CC)C(=O)[C@@H]2NC(=O)c2cccc(C(F)(F)F)c2)c1. The van der Waals surface area contributed by atoms with Crippen molar-refractivity contribution in [3.05, 3.63) is 125 Å². The third-order valence-corrected chi connectivity index (χ3v) is 8.89. The number of nitrogens with one attached hydrogen (secondary N) is 2. The van der Waals surface area contributed by atoms with Crippen LogP contribution in [0.4, 0.5) is 19.0 Å². The number of anilines is 1. The molecule has 50 heavy (non-hydrogen) atoms. The van der Waals surface area contributed by atoms with Crippen LogP contribution in [-0.4, -0.2) is 77.8 Å². The van der Waals surface area contributed by atoms with Gasteiger partial charge in [0.2, 0.25) is 5.91 Å². The van der Waals surface area contributed by atoms with Crippen LogP contribution < -0.4 is 15.5 Å². The molecular weight excluding hydrogens is 649 g/mol. The average molecular weight is 687 g/mol. The fourth-order valence-corrected chi connectivity index (χ4v) is 6.39. The molecule has 2 atom stereocenters. The number of amides is 3. The number of nitrogens with zero attached hydrogens (tertiary/aromatic N) is 4. The van der Waals surface area contributed by atoms with Gasteiger partial charge in [0, 0.05) is 55.3 Å². The summed E-state index contributed by atoms with van der Waals surface area (Å²) in [5, 5.41) is 10.3. The molecule has 4 aromatic rings. The number of para-hydroxylation sites is 1. The number of halogens is 3. The Bertz CT molecular complexity index is 1890. The van der Waals surface area contributed by atoms with Crippen LogP contribution in [0, 0.1) is 0 Å². The molecule has 2 aliphatic rings. The maximum absolute atomic E-state index is 14.3. The number of benzene rings is 3. The van der Waals surface area contributed by atoms with E-state index in [4.69, 9.17) is 4.74 Å². The van der Waals surface area contributed by atoms with Gasteiger partial charge in [-0.15, -0.1) is 0 Å². The Morgan fingerprint density at radius 1 is 1.00 bits per heavy atom. The van der Waals surface area contributed by atoms with Gasteiger partial charge in [0.1, 0.15) is 11.9 Å². The zero-order valence-corrected chi connectivity index (χ0v) is 27.5. The zero-order valence-electron chi connectivity index (χ0n) is 27.5. The van der Waals surface area contributed by atoms with Gasteiger partial charge in [-0.1, -0.05) is 55.1 Å². The Hall–Kier alpha value is -5.27. The van der Waals surface area contributed by atoms with E-state index in [0.29, 0.717) is 42.3 Å². The monoisotopic (exact) mass is 686 g/mol. The van der Waals surface area contributed by atoms with Crippen LogP contribution in [-0.2, 0) is 27.0 Å². The minimum atomic E-state index is -4.65. The Labute approximate surface area is 287 Å². The molecule has 0 radical (unpaired) electrons. The molecule has 0 spiro atoms. The lowest BCUT2D eigenvalue weighted by Gasteiger charge is -2.38. The van der Waals surface area contributed by atoms with Gasteiger partial charge >= 0.3 is 6.18 Å². The van der Waals surface area contributed by atoms with Crippen molar-refractivity contribution in [2.75, 3.05) is 44.3 Å². The van der Waals surface area contributed by atoms with Crippen molar-refractivity contribution in [3.63, 3.8) is 0 Å². The van der Waals surface area contributed by atoms with E-state index in [9.17, 15) is 27.6 Å². The van der Waals surface area contributed by atoms with Crippen LogP contribution in [0.2, 0.25) is 0 Å². The largest absolute Gasteiger partial charge is 0.416 e. The predicted molar refractivity (Wildman–Crippen MR) is 181 cm³/mol. The predicted octanol–water partition coefficient (Wildman–Crippen LogP) is 4.69. The quantitative estimate of drug-likeness (QED) is 0.235. The van der Waals surface area contributed by atoms with E-state index < -0.39 is 35.5 Å². The van der Waals surface area contributed by atoms with Crippen LogP contribution in [0.1, 0.15) is 45.5 Å². The molecule has 6 rings (SSSR count). The second kappa shape index (κ2) is 14.7. The highest BCUT2D eigenvalue weighted by atomic mass is 19.4. The lowest BCUT2D eigenvalue weighted by molar-refractivity contribution is -0.137. The highest BCUT2D eigenvalue weighted by molar-refractivity contribution is 6.05. The Kier molecular flexibility index (Phi) is 10.2. The van der Waals surface area contributed by atoms with Crippen molar-refractivity contribution in [1.29, 1.82) is 0 Å². The lowest BCUT2D eigenvalue weighted by Crippen LogP contribution is -2.55. The third-order valence-electron chi connectivity index (χ3n) is 8.89. The molecule has 0 unspecified atom stereocenters. The molecule has 3 heterocycles. The second-order valence-electron chi connectivity index (χ2n) is 12.2. The molecule has 1 saturated heterocycles. The number of hydrogen-bond acceptors (Lipinski definition) is 6. The van der Waals surface area contributed by atoms with Crippen LogP contribution in [0.5, 0.6) is 0 Å². The number of ether oxygens (including phenoxy) is 1. The van der Waals surface area contributed by atoms with Gasteiger partial charge < -0.3 is 15.4 Å². The first-order chi connectivity index (χ1) is 24.0. The Morgan fingerprint density at radius 2 is 1.74 bits per heavy atom. The number of aromatic nitrogens is 2. The van der Waals surface area contributed by atoms with Crippen LogP contribution in [0.25, 0.3) is 5.69 Å². The standard InChI is InChI=1S/C37H37F3N6O4/c1-3-45-35-30(22-42-46(35)29-13-5-4-6-14-29)31(32(36(45)49)43-34(48)27-11-8-12-28(20-27)37(38,39)40)26-10-7-9-25(19-26)21-41-33(47)24(2)23-44-15-17-50-18-16-44/h4-14,19-20,22,31-32H,2-3,15-18,21,23H2,1H3,(H,41,47)(H,43,48)/t31-,32+/m0/s1. The molecule has 0 aliphatic carbocycles. The van der Waals surface area contributed by atoms with Crippen molar-refractivity contribution in [2.45, 2.75) is 31.6 Å². The summed E-state index contributed by atoms with van der Waals surface area (Å²) in [5.74, 6) is -1.79. The molecule has 1 aromatic heterocycles. The van der Waals surface area contributed by atoms with E-state index in [2.05, 4.69) is 27.2 Å². The number of morpholine rings is 1. The molecule has 10 nitrogen and oxygen atoms in total. The molecule has 2 aliphatic heterocycles. The van der Waals surface area contributed by atoms with Crippen LogP contribution in [0.15, 0.2) is 97.2 Å². The normalized spacial score (nSPS) is 18.0. The van der Waals surface area contributed by atoms with Crippen molar-refractivity contribution in [2.24, 2.45) is 0 Å². The summed E-state index contributed by atoms with van der Waals surface area (Å²) in [7, 11) is 0. The van der Waals surface area contributed by atoms with Crippen molar-refractivity contribution in [1.82, 2.24) is 25.3 Å². The summed E-state index contributed by atoms with van der Waals surface area (Å²) in [5.41, 5.74) is 1.98. The summed E-state index contributed by atoms with van der Waals surface area (Å²) < 4.78 is 47.5. The molecule has 260 valence electrons. The molecule has 0 bridgehead atoms. The van der Waals surface area contributed by atoms with E-state index in [-0.39, 0.29) is 24.6 Å². The molecule has 3 aromatic carbocycles. The van der Waals surface area contributed by atoms with Gasteiger partial charge in [-0.25, -0.2) is 4.68 Å². The summed E-state index contributed by atoms with van der Waals surface area (Å²) in [6.07, 6.45) is -3.00. The topological polar surface area (TPSA) is 109 Å². The highest BCUT2D eigenvalue weighted by Gasteiger charge is 2.44. The summed E-state index contributed by atoms with van der Waals surface area (Å²) in [4.78, 5) is 44.5. The van der Waals surface area contributed by atoms with Gasteiger partial charge in [-0.2, -0.15) is 18.3 Å². The number of likely N-dealkylation sites (N-methyl/N-ethyl adjacent to an activating group) is 1. The first-order valence-corrected chi connectivity index (χ1v) is 16.3. The molecule has 2 N–H and O–H groups in total. The fourth-order valence-electron chi connectivity index (χ4n) is 6.39. The summed E-state index contributed by atoms with van der Waals surface area (Å²) >= 11 is 0. The highest BCUT2D eigenvalue weighted by Crippen LogP contribution is 2.41. The average Bonchev–Trinajstić information content (AvgIpc) is 3.56. The maximum atomic E-state index is 14.3. The minimum Gasteiger partial charge on any atom is -0.379 e. The summed E-state index contributed by atoms with van der Waals surface area (Å²) in [6, 6.07) is 19.5. The minimum absolute atomic E-state index is 0.175. The zero-order chi connectivity index (χ0) is 35.4. The maximum Gasteiger partial charge on any atom is 0.416 e. The van der Waals surface area contributed by atoms with Crippen molar-refractivity contribution >= 4 is 23.5 Å². The third kappa shape index (κ3) is 7.33. The Morgan fingerprint density at radius 3 is 2.46 bits per heavy atom. The van der Waals surface area contributed by atoms with Crippen molar-refractivity contribution < 1.29 is 32.3 Å². The van der Waals surface area contributed by atoms with E-state index in [1.165, 1.54) is 11.0 Å². The smallest absolute Gasteiger partial charge is 0.379 e.